The van der Waals surface area contributed by atoms with Gasteiger partial charge < -0.3 is 20.8 Å². The minimum atomic E-state index is -0.482. The van der Waals surface area contributed by atoms with Gasteiger partial charge in [-0.25, -0.2) is 4.98 Å². The van der Waals surface area contributed by atoms with Gasteiger partial charge in [-0.15, -0.1) is 0 Å². The number of primary amides is 1. The molecule has 7 heteroatoms. The molecule has 1 aliphatic rings. The minimum absolute atomic E-state index is 0.0454. The van der Waals surface area contributed by atoms with Gasteiger partial charge in [-0.05, 0) is 49.9 Å². The monoisotopic (exact) mass is 391 g/mol. The van der Waals surface area contributed by atoms with Gasteiger partial charge in [0.05, 0.1) is 11.1 Å². The van der Waals surface area contributed by atoms with E-state index in [0.717, 1.165) is 35.2 Å². The van der Waals surface area contributed by atoms with Crippen molar-refractivity contribution < 1.29 is 9.59 Å². The van der Waals surface area contributed by atoms with Crippen molar-refractivity contribution in [3.05, 3.63) is 59.0 Å². The minimum Gasteiger partial charge on any atom is -0.366 e. The van der Waals surface area contributed by atoms with Crippen LogP contribution in [0.5, 0.6) is 0 Å². The second-order valence-corrected chi connectivity index (χ2v) is 7.67. The summed E-state index contributed by atoms with van der Waals surface area (Å²) in [5.74, 6) is 0.0922. The number of carbonyl (C=O) groups excluding carboxylic acids is 2. The molecule has 1 fully saturated rings. The van der Waals surface area contributed by atoms with Crippen molar-refractivity contribution in [3.63, 3.8) is 0 Å². The van der Waals surface area contributed by atoms with E-state index >= 15 is 0 Å². The molecule has 0 radical (unpaired) electrons. The van der Waals surface area contributed by atoms with Crippen molar-refractivity contribution in [3.8, 4) is 0 Å². The number of anilines is 2. The fraction of sp³-hybridized carbons (Fsp3) is 0.318. The zero-order valence-electron chi connectivity index (χ0n) is 16.7. The van der Waals surface area contributed by atoms with Gasteiger partial charge in [-0.1, -0.05) is 18.9 Å². The molecule has 0 spiro atoms. The number of nitrogens with zero attached hydrogens (tertiary/aromatic N) is 2. The van der Waals surface area contributed by atoms with E-state index in [4.69, 9.17) is 5.73 Å². The number of fused-ring (bicyclic) bond motifs is 1. The Balaban J connectivity index is 1.69. The SMILES string of the molecule is Cc1ccc(C(N)=O)cc1Nc1nccn2cc(C(=O)NC3CCCC3)c(C)c12. The summed E-state index contributed by atoms with van der Waals surface area (Å²) in [5, 5.41) is 6.46. The van der Waals surface area contributed by atoms with E-state index in [1.165, 1.54) is 12.8 Å². The van der Waals surface area contributed by atoms with Crippen LogP contribution >= 0.6 is 0 Å². The first-order valence-corrected chi connectivity index (χ1v) is 9.88. The maximum atomic E-state index is 12.8. The number of rotatable bonds is 5. The fourth-order valence-corrected chi connectivity index (χ4v) is 3.97. The molecule has 7 nitrogen and oxygen atoms in total. The van der Waals surface area contributed by atoms with Crippen LogP contribution in [0.15, 0.2) is 36.8 Å². The number of nitrogens with one attached hydrogen (secondary N) is 2. The van der Waals surface area contributed by atoms with Crippen molar-refractivity contribution in [2.45, 2.75) is 45.6 Å². The van der Waals surface area contributed by atoms with Crippen molar-refractivity contribution in [2.75, 3.05) is 5.32 Å². The molecule has 2 amide bonds. The van der Waals surface area contributed by atoms with Gasteiger partial charge in [0.25, 0.3) is 5.91 Å². The Hall–Kier alpha value is -3.35. The molecule has 0 aliphatic heterocycles. The number of aromatic nitrogens is 2. The van der Waals surface area contributed by atoms with Gasteiger partial charge in [-0.2, -0.15) is 0 Å². The molecule has 0 atom stereocenters. The van der Waals surface area contributed by atoms with Crippen molar-refractivity contribution >= 4 is 28.8 Å². The molecular formula is C22H25N5O2. The van der Waals surface area contributed by atoms with Gasteiger partial charge in [0.15, 0.2) is 5.82 Å². The average Bonchev–Trinajstić information content (AvgIpc) is 3.31. The summed E-state index contributed by atoms with van der Waals surface area (Å²) in [4.78, 5) is 28.8. The molecule has 4 rings (SSSR count). The van der Waals surface area contributed by atoms with E-state index in [0.29, 0.717) is 16.9 Å². The van der Waals surface area contributed by atoms with Crippen LogP contribution in [0.2, 0.25) is 0 Å². The summed E-state index contributed by atoms with van der Waals surface area (Å²) in [6, 6.07) is 5.52. The third kappa shape index (κ3) is 3.68. The summed E-state index contributed by atoms with van der Waals surface area (Å²) in [6.45, 7) is 3.87. The van der Waals surface area contributed by atoms with Crippen molar-refractivity contribution in [1.82, 2.24) is 14.7 Å². The van der Waals surface area contributed by atoms with Gasteiger partial charge in [0.1, 0.15) is 0 Å². The van der Waals surface area contributed by atoms with Gasteiger partial charge in [-0.3, -0.25) is 9.59 Å². The van der Waals surface area contributed by atoms with Gasteiger partial charge >= 0.3 is 0 Å². The predicted molar refractivity (Wildman–Crippen MR) is 113 cm³/mol. The highest BCUT2D eigenvalue weighted by atomic mass is 16.2. The molecular weight excluding hydrogens is 366 g/mol. The number of amides is 2. The van der Waals surface area contributed by atoms with Crippen molar-refractivity contribution in [1.29, 1.82) is 0 Å². The van der Waals surface area contributed by atoms with Crippen molar-refractivity contribution in [2.24, 2.45) is 5.73 Å². The van der Waals surface area contributed by atoms with E-state index in [1.54, 1.807) is 18.3 Å². The smallest absolute Gasteiger partial charge is 0.253 e. The largest absolute Gasteiger partial charge is 0.366 e. The Morgan fingerprint density at radius 2 is 1.97 bits per heavy atom. The number of carbonyl (C=O) groups is 2. The molecule has 0 saturated heterocycles. The molecule has 2 aromatic heterocycles. The second kappa shape index (κ2) is 7.58. The Kier molecular flexibility index (Phi) is 4.96. The Labute approximate surface area is 169 Å². The maximum absolute atomic E-state index is 12.8. The van der Waals surface area contributed by atoms with E-state index in [9.17, 15) is 9.59 Å². The molecule has 2 heterocycles. The van der Waals surface area contributed by atoms with Crippen LogP contribution in [0.4, 0.5) is 11.5 Å². The normalized spacial score (nSPS) is 14.3. The highest BCUT2D eigenvalue weighted by Crippen LogP contribution is 2.28. The molecule has 1 aromatic carbocycles. The third-order valence-corrected chi connectivity index (χ3v) is 5.65. The molecule has 4 N–H and O–H groups in total. The maximum Gasteiger partial charge on any atom is 0.253 e. The van der Waals surface area contributed by atoms with Crippen LogP contribution < -0.4 is 16.4 Å². The van der Waals surface area contributed by atoms with Crippen LogP contribution in [-0.2, 0) is 0 Å². The predicted octanol–water partition coefficient (Wildman–Crippen LogP) is 3.47. The zero-order valence-corrected chi connectivity index (χ0v) is 16.7. The summed E-state index contributed by atoms with van der Waals surface area (Å²) in [7, 11) is 0. The number of aryl methyl sites for hydroxylation is 2. The van der Waals surface area contributed by atoms with Crippen LogP contribution in [-0.4, -0.2) is 27.2 Å². The zero-order chi connectivity index (χ0) is 20.5. The molecule has 0 bridgehead atoms. The summed E-state index contributed by atoms with van der Waals surface area (Å²) >= 11 is 0. The number of hydrogen-bond acceptors (Lipinski definition) is 4. The standard InChI is InChI=1S/C22H25N5O2/c1-13-7-8-15(20(23)28)11-18(13)26-21-19-14(2)17(12-27(19)10-9-24-21)22(29)25-16-5-3-4-6-16/h7-12,16H,3-6H2,1-2H3,(H2,23,28)(H,24,26)(H,25,29). The Bertz CT molecular complexity index is 1100. The molecule has 1 aliphatic carbocycles. The van der Waals surface area contributed by atoms with Crippen LogP contribution in [0.3, 0.4) is 0 Å². The summed E-state index contributed by atoms with van der Waals surface area (Å²) < 4.78 is 1.90. The first kappa shape index (κ1) is 19.0. The molecule has 1 saturated carbocycles. The number of benzene rings is 1. The summed E-state index contributed by atoms with van der Waals surface area (Å²) in [6.07, 6.45) is 9.78. The van der Waals surface area contributed by atoms with E-state index < -0.39 is 5.91 Å². The second-order valence-electron chi connectivity index (χ2n) is 7.67. The van der Waals surface area contributed by atoms with E-state index in [-0.39, 0.29) is 11.9 Å². The lowest BCUT2D eigenvalue weighted by Gasteiger charge is -2.12. The molecule has 150 valence electrons. The fourth-order valence-electron chi connectivity index (χ4n) is 3.97. The first-order valence-electron chi connectivity index (χ1n) is 9.88. The third-order valence-electron chi connectivity index (χ3n) is 5.65. The first-order chi connectivity index (χ1) is 13.9. The number of nitrogens with two attached hydrogens (primary N) is 1. The highest BCUT2D eigenvalue weighted by molar-refractivity contribution is 5.99. The number of hydrogen-bond donors (Lipinski definition) is 3. The molecule has 0 unspecified atom stereocenters. The highest BCUT2D eigenvalue weighted by Gasteiger charge is 2.22. The average molecular weight is 391 g/mol. The van der Waals surface area contributed by atoms with Crippen LogP contribution in [0.1, 0.15) is 57.5 Å². The summed E-state index contributed by atoms with van der Waals surface area (Å²) in [5.41, 5.74) is 9.88. The van der Waals surface area contributed by atoms with Gasteiger partial charge in [0.2, 0.25) is 5.91 Å². The topological polar surface area (TPSA) is 102 Å². The lowest BCUT2D eigenvalue weighted by molar-refractivity contribution is 0.0936. The van der Waals surface area contributed by atoms with Crippen LogP contribution in [0.25, 0.3) is 5.52 Å². The van der Waals surface area contributed by atoms with E-state index in [2.05, 4.69) is 15.6 Å². The lowest BCUT2D eigenvalue weighted by atomic mass is 10.1. The Morgan fingerprint density at radius 3 is 2.69 bits per heavy atom. The quantitative estimate of drug-likeness (QED) is 0.620. The molecule has 29 heavy (non-hydrogen) atoms. The molecule has 3 aromatic rings. The van der Waals surface area contributed by atoms with E-state index in [1.807, 2.05) is 36.7 Å². The van der Waals surface area contributed by atoms with Crippen LogP contribution in [0, 0.1) is 13.8 Å². The van der Waals surface area contributed by atoms with Gasteiger partial charge in [0, 0.05) is 35.9 Å². The Morgan fingerprint density at radius 1 is 1.21 bits per heavy atom. The lowest BCUT2D eigenvalue weighted by Crippen LogP contribution is -2.32.